The van der Waals surface area contributed by atoms with Gasteiger partial charge in [-0.25, -0.2) is 0 Å². The van der Waals surface area contributed by atoms with Gasteiger partial charge >= 0.3 is 5.91 Å². The van der Waals surface area contributed by atoms with Crippen molar-refractivity contribution in [3.63, 3.8) is 0 Å². The summed E-state index contributed by atoms with van der Waals surface area (Å²) in [5.74, 6) is -1.01. The number of benzene rings is 2. The largest absolute Gasteiger partial charge is 0.505 e. The number of rotatable bonds is 15. The molecule has 2 aliphatic rings. The van der Waals surface area contributed by atoms with Gasteiger partial charge < -0.3 is 20.0 Å². The van der Waals surface area contributed by atoms with Gasteiger partial charge in [-0.15, -0.1) is 10.2 Å². The van der Waals surface area contributed by atoms with Crippen molar-refractivity contribution in [2.24, 2.45) is 15.3 Å². The van der Waals surface area contributed by atoms with Crippen LogP contribution in [0.15, 0.2) is 135 Å². The maximum Gasteiger partial charge on any atom is 0.326 e. The topological polar surface area (TPSA) is 191 Å². The lowest BCUT2D eigenvalue weighted by atomic mass is 10.0. The Hall–Kier alpha value is -7.76. The fourth-order valence-corrected chi connectivity index (χ4v) is 7.67. The molecule has 0 atom stereocenters. The minimum atomic E-state index is -0.466. The van der Waals surface area contributed by atoms with Crippen LogP contribution >= 0.6 is 0 Å². The smallest absolute Gasteiger partial charge is 0.326 e. The number of imide groups is 1. The second kappa shape index (κ2) is 20.4. The Bertz CT molecular complexity index is 2960. The Morgan fingerprint density at radius 2 is 1.42 bits per heavy atom. The normalized spacial score (nSPS) is 14.9. The van der Waals surface area contributed by atoms with Crippen LogP contribution in [0.5, 0.6) is 11.6 Å². The molecule has 5 aromatic rings. The summed E-state index contributed by atoms with van der Waals surface area (Å²) in [7, 11) is 7.79. The average Bonchev–Trinajstić information content (AvgIpc) is 3.29. The van der Waals surface area contributed by atoms with Crippen molar-refractivity contribution in [1.82, 2.24) is 19.3 Å². The molecule has 0 unspecified atom stereocenters. The number of aromatic nitrogens is 3. The van der Waals surface area contributed by atoms with Gasteiger partial charge in [-0.1, -0.05) is 23.3 Å². The molecule has 0 saturated carbocycles. The number of phenols is 1. The highest BCUT2D eigenvalue weighted by Gasteiger charge is 2.43. The fraction of sp³-hybridized carbons (Fsp3) is 0.265. The Morgan fingerprint density at radius 3 is 2.12 bits per heavy atom. The molecule has 338 valence electrons. The number of azo groups is 1. The number of fused-ring (bicyclic) bond motifs is 1. The number of anilines is 1. The number of aryl methyl sites for hydroxylation is 1. The summed E-state index contributed by atoms with van der Waals surface area (Å²) < 4.78 is 4.83. The lowest BCUT2D eigenvalue weighted by molar-refractivity contribution is -0.597. The van der Waals surface area contributed by atoms with Crippen LogP contribution in [0.1, 0.15) is 30.9 Å². The Balaban J connectivity index is 1.11. The number of aromatic hydroxyl groups is 2. The van der Waals surface area contributed by atoms with Crippen LogP contribution in [0.25, 0.3) is 22.2 Å². The van der Waals surface area contributed by atoms with E-state index in [1.165, 1.54) is 9.47 Å². The van der Waals surface area contributed by atoms with Gasteiger partial charge in [0, 0.05) is 71.6 Å². The zero-order chi connectivity index (χ0) is 47.1. The van der Waals surface area contributed by atoms with Crippen molar-refractivity contribution >= 4 is 62.5 Å². The molecule has 17 heteroatoms. The summed E-state index contributed by atoms with van der Waals surface area (Å²) in [6, 6.07) is 18.2. The van der Waals surface area contributed by atoms with E-state index in [1.807, 2.05) is 99.8 Å². The van der Waals surface area contributed by atoms with Crippen LogP contribution in [0.4, 0.5) is 17.1 Å². The molecular weight excluding hydrogens is 837 g/mol. The minimum Gasteiger partial charge on any atom is -0.505 e. The molecular formula is C49H56N12O5+4. The molecule has 5 N–H and O–H groups in total. The molecule has 0 radical (unpaired) electrons. The number of hydrazone groups is 2. The average molecular weight is 893 g/mol. The number of nitrogens with zero attached hydrogens (tertiary/aromatic N) is 9. The van der Waals surface area contributed by atoms with E-state index in [2.05, 4.69) is 31.0 Å². The number of allylic oxidation sites excluding steroid dienone is 4. The molecule has 3 aromatic heterocycles. The first-order chi connectivity index (χ1) is 31.7. The van der Waals surface area contributed by atoms with E-state index >= 15 is 0 Å². The van der Waals surface area contributed by atoms with Crippen LogP contribution in [0.2, 0.25) is 0 Å². The first kappa shape index (κ1) is 46.2. The number of nitrogens with one attached hydrogen (secondary N) is 3. The molecule has 1 aliphatic heterocycles. The summed E-state index contributed by atoms with van der Waals surface area (Å²) in [6.45, 7) is 7.38. The quantitative estimate of drug-likeness (QED) is 0.0264. The third kappa shape index (κ3) is 10.3. The highest BCUT2D eigenvalue weighted by Crippen LogP contribution is 2.35. The third-order valence-electron chi connectivity index (χ3n) is 11.2. The van der Waals surface area contributed by atoms with E-state index < -0.39 is 11.5 Å². The number of hydrazine groups is 1. The lowest BCUT2D eigenvalue weighted by Crippen LogP contribution is -2.77. The number of carbonyl (C=O) groups is 2. The first-order valence-electron chi connectivity index (χ1n) is 21.6. The molecule has 66 heavy (non-hydrogen) atoms. The summed E-state index contributed by atoms with van der Waals surface area (Å²) >= 11 is 0. The van der Waals surface area contributed by atoms with E-state index in [9.17, 15) is 24.6 Å². The maximum atomic E-state index is 13.9. The molecule has 1 aliphatic carbocycles. The van der Waals surface area contributed by atoms with Gasteiger partial charge in [-0.3, -0.25) is 23.9 Å². The molecule has 0 spiro atoms. The number of phenolic OH excluding ortho intramolecular Hbond substituents is 1. The van der Waals surface area contributed by atoms with Crippen molar-refractivity contribution < 1.29 is 39.1 Å². The summed E-state index contributed by atoms with van der Waals surface area (Å²) in [6.07, 6.45) is 15.6. The van der Waals surface area contributed by atoms with E-state index in [-0.39, 0.29) is 42.0 Å². The number of amides is 2. The maximum absolute atomic E-state index is 13.9. The number of pyridine rings is 3. The van der Waals surface area contributed by atoms with Gasteiger partial charge in [-0.2, -0.15) is 19.7 Å². The monoisotopic (exact) mass is 892 g/mol. The standard InChI is InChI=1S/C49H52N12O5/c1-32-14-11-27-59(31-32)44-34(3)42(47(64)61(49(44)66)29-13-24-57(6)7)55-52-38-17-15-35-16-22-40(45(62)39(35)30-38)53-50-36-18-20-37(21-19-36)51-54-41-33(2)43(58-25-9-8-10-26-58)48(65)60(46(41)63)28-12-23-56(4)5/h8-11,14-22,25-27,30-31H,12-13,23-24,28-29H2,1-7H3,(H-2,50,51,52,53,54,55,62,63,64,65,66)/p+4. The van der Waals surface area contributed by atoms with Crippen molar-refractivity contribution in [2.45, 2.75) is 40.2 Å². The van der Waals surface area contributed by atoms with Gasteiger partial charge in [0.15, 0.2) is 36.2 Å². The highest BCUT2D eigenvalue weighted by atomic mass is 16.3. The van der Waals surface area contributed by atoms with Crippen molar-refractivity contribution in [3.8, 4) is 17.3 Å². The Labute approximate surface area is 382 Å². The number of hydrogen-bond donors (Lipinski definition) is 5. The van der Waals surface area contributed by atoms with Crippen LogP contribution in [-0.2, 0) is 16.1 Å². The fourth-order valence-electron chi connectivity index (χ4n) is 7.67. The van der Waals surface area contributed by atoms with Crippen molar-refractivity contribution in [3.05, 3.63) is 137 Å². The van der Waals surface area contributed by atoms with Crippen LogP contribution < -0.4 is 30.3 Å². The van der Waals surface area contributed by atoms with Crippen molar-refractivity contribution in [2.75, 3.05) is 53.3 Å². The zero-order valence-corrected chi connectivity index (χ0v) is 38.3. The molecule has 0 saturated heterocycles. The predicted octanol–water partition coefficient (Wildman–Crippen LogP) is 2.06. The van der Waals surface area contributed by atoms with Gasteiger partial charge in [-0.05, 0) is 105 Å². The van der Waals surface area contributed by atoms with Gasteiger partial charge in [0.1, 0.15) is 5.69 Å². The lowest BCUT2D eigenvalue weighted by Gasteiger charge is -2.25. The number of carbonyl (C=O) groups excluding carboxylic acids is 2. The van der Waals surface area contributed by atoms with Gasteiger partial charge in [0.05, 0.1) is 16.8 Å². The van der Waals surface area contributed by atoms with Crippen molar-refractivity contribution in [1.29, 1.82) is 0 Å². The van der Waals surface area contributed by atoms with E-state index in [1.54, 1.807) is 77.9 Å². The Kier molecular flexibility index (Phi) is 14.3. The first-order valence-corrected chi connectivity index (χ1v) is 21.6. The molecule has 2 amide bonds. The second-order valence-corrected chi connectivity index (χ2v) is 16.7. The van der Waals surface area contributed by atoms with Gasteiger partial charge in [0.25, 0.3) is 28.7 Å². The summed E-state index contributed by atoms with van der Waals surface area (Å²) in [5.41, 5.74) is 7.63. The molecule has 2 aromatic carbocycles. The number of hydrogen-bond acceptors (Lipinski definition) is 11. The molecule has 17 nitrogen and oxygen atoms in total. The van der Waals surface area contributed by atoms with E-state index in [0.29, 0.717) is 70.1 Å². The molecule has 0 bridgehead atoms. The molecule has 7 rings (SSSR count). The van der Waals surface area contributed by atoms with E-state index in [0.717, 1.165) is 17.5 Å². The predicted molar refractivity (Wildman–Crippen MR) is 253 cm³/mol. The third-order valence-corrected chi connectivity index (χ3v) is 11.2. The van der Waals surface area contributed by atoms with E-state index in [4.69, 9.17) is 0 Å². The highest BCUT2D eigenvalue weighted by molar-refractivity contribution is 6.53. The van der Waals surface area contributed by atoms with Crippen LogP contribution in [0.3, 0.4) is 0 Å². The molecule has 0 fully saturated rings. The summed E-state index contributed by atoms with van der Waals surface area (Å²) in [4.78, 5) is 46.4. The zero-order valence-electron chi connectivity index (χ0n) is 38.3. The minimum absolute atomic E-state index is 0.0313. The summed E-state index contributed by atoms with van der Waals surface area (Å²) in [5, 5.41) is 43.6. The van der Waals surface area contributed by atoms with Crippen LogP contribution in [0, 0.1) is 13.8 Å². The van der Waals surface area contributed by atoms with Crippen LogP contribution in [-0.4, -0.2) is 106 Å². The second-order valence-electron chi connectivity index (χ2n) is 16.7. The SMILES string of the molecule is CC1=C([n+]2ccccc2)C(=O)N(CCCN(C)C)C(=O)C1=N[NH+]=C1C=CC(=[NH+]Nc2ccc3ccc(N=Nc4c(C)c(-[n+]5cccc(C)c5)c(O)n(CCCN(C)C)c4=O)cc3c2O)C=C1. The Morgan fingerprint density at radius 1 is 0.758 bits per heavy atom. The molecule has 4 heterocycles. The van der Waals surface area contributed by atoms with Gasteiger partial charge in [0.2, 0.25) is 17.1 Å².